The second kappa shape index (κ2) is 10.1. The highest BCUT2D eigenvalue weighted by molar-refractivity contribution is 6.30. The summed E-state index contributed by atoms with van der Waals surface area (Å²) in [6.45, 7) is 0. The Hall–Kier alpha value is -4.28. The maximum atomic E-state index is 14.0. The number of ketones is 2. The molecule has 5 rings (SSSR count). The molecular formula is C31H21ClO4. The number of hydrogen-bond donors (Lipinski definition) is 0. The van der Waals surface area contributed by atoms with E-state index in [9.17, 15) is 14.4 Å². The van der Waals surface area contributed by atoms with E-state index in [-0.39, 0.29) is 22.6 Å². The SMILES string of the molecule is O=C(c1ccccc1)C(C(=O)c1ccccc1)C(c1ccc(Cl)cc1)c1coc2ccccc2c1=O. The van der Waals surface area contributed by atoms with Crippen LogP contribution >= 0.6 is 11.6 Å². The third-order valence-corrected chi connectivity index (χ3v) is 6.54. The number of benzene rings is 4. The number of fused-ring (bicyclic) bond motifs is 1. The fourth-order valence-corrected chi connectivity index (χ4v) is 4.64. The first-order valence-electron chi connectivity index (χ1n) is 11.5. The molecule has 0 aliphatic rings. The first-order valence-corrected chi connectivity index (χ1v) is 11.9. The van der Waals surface area contributed by atoms with Gasteiger partial charge >= 0.3 is 0 Å². The zero-order valence-corrected chi connectivity index (χ0v) is 19.9. The Kier molecular flexibility index (Phi) is 6.61. The molecule has 0 fully saturated rings. The summed E-state index contributed by atoms with van der Waals surface area (Å²) < 4.78 is 5.82. The highest BCUT2D eigenvalue weighted by Crippen LogP contribution is 2.36. The van der Waals surface area contributed by atoms with Gasteiger partial charge in [0.1, 0.15) is 5.58 Å². The minimum absolute atomic E-state index is 0.231. The van der Waals surface area contributed by atoms with Gasteiger partial charge < -0.3 is 4.42 Å². The molecular weight excluding hydrogens is 472 g/mol. The van der Waals surface area contributed by atoms with E-state index in [0.29, 0.717) is 32.7 Å². The molecule has 0 radical (unpaired) electrons. The van der Waals surface area contributed by atoms with E-state index in [1.807, 2.05) is 0 Å². The van der Waals surface area contributed by atoms with Crippen molar-refractivity contribution in [1.82, 2.24) is 0 Å². The van der Waals surface area contributed by atoms with Crippen molar-refractivity contribution in [1.29, 1.82) is 0 Å². The summed E-state index contributed by atoms with van der Waals surface area (Å²) >= 11 is 6.15. The minimum Gasteiger partial charge on any atom is -0.464 e. The van der Waals surface area contributed by atoms with E-state index in [2.05, 4.69) is 0 Å². The summed E-state index contributed by atoms with van der Waals surface area (Å²) in [4.78, 5) is 41.7. The fourth-order valence-electron chi connectivity index (χ4n) is 4.51. The van der Waals surface area contributed by atoms with Gasteiger partial charge in [0.25, 0.3) is 0 Å². The predicted octanol–water partition coefficient (Wildman–Crippen LogP) is 6.96. The van der Waals surface area contributed by atoms with Gasteiger partial charge in [-0.05, 0) is 29.8 Å². The number of carbonyl (C=O) groups excluding carboxylic acids is 2. The van der Waals surface area contributed by atoms with Gasteiger partial charge in [0.15, 0.2) is 17.0 Å². The molecule has 0 aliphatic carbocycles. The zero-order chi connectivity index (χ0) is 25.1. The van der Waals surface area contributed by atoms with E-state index in [1.165, 1.54) is 6.26 Å². The van der Waals surface area contributed by atoms with Crippen LogP contribution in [0.2, 0.25) is 5.02 Å². The highest BCUT2D eigenvalue weighted by atomic mass is 35.5. The molecule has 0 bridgehead atoms. The molecule has 0 amide bonds. The highest BCUT2D eigenvalue weighted by Gasteiger charge is 2.39. The van der Waals surface area contributed by atoms with Crippen molar-refractivity contribution < 1.29 is 14.0 Å². The number of rotatable bonds is 7. The average molecular weight is 493 g/mol. The van der Waals surface area contributed by atoms with Gasteiger partial charge in [0.2, 0.25) is 0 Å². The first kappa shape index (κ1) is 23.5. The largest absolute Gasteiger partial charge is 0.464 e. The Morgan fingerprint density at radius 3 is 1.78 bits per heavy atom. The van der Waals surface area contributed by atoms with Gasteiger partial charge in [0, 0.05) is 27.6 Å². The van der Waals surface area contributed by atoms with E-state index in [0.717, 1.165) is 0 Å². The van der Waals surface area contributed by atoms with Gasteiger partial charge in [-0.25, -0.2) is 0 Å². The smallest absolute Gasteiger partial charge is 0.196 e. The van der Waals surface area contributed by atoms with Crippen LogP contribution in [0.15, 0.2) is 125 Å². The number of para-hydroxylation sites is 1. The number of Topliss-reactive ketones (excluding diaryl/α,β-unsaturated/α-hetero) is 2. The fraction of sp³-hybridized carbons (Fsp3) is 0.0645. The van der Waals surface area contributed by atoms with Crippen LogP contribution in [0.4, 0.5) is 0 Å². The summed E-state index contributed by atoms with van der Waals surface area (Å²) in [5, 5.41) is 0.885. The zero-order valence-electron chi connectivity index (χ0n) is 19.1. The van der Waals surface area contributed by atoms with Crippen LogP contribution in [0.25, 0.3) is 11.0 Å². The first-order chi connectivity index (χ1) is 17.5. The molecule has 1 aromatic heterocycles. The summed E-state index contributed by atoms with van der Waals surface area (Å²) in [6.07, 6.45) is 1.37. The molecule has 0 saturated heterocycles. The van der Waals surface area contributed by atoms with E-state index in [1.54, 1.807) is 109 Å². The molecule has 4 aromatic carbocycles. The third-order valence-electron chi connectivity index (χ3n) is 6.29. The molecule has 0 N–H and O–H groups in total. The Bertz CT molecular complexity index is 1540. The van der Waals surface area contributed by atoms with E-state index >= 15 is 0 Å². The average Bonchev–Trinajstić information content (AvgIpc) is 2.93. The summed E-state index contributed by atoms with van der Waals surface area (Å²) in [5.41, 5.74) is 1.76. The van der Waals surface area contributed by atoms with E-state index < -0.39 is 11.8 Å². The van der Waals surface area contributed by atoms with Crippen molar-refractivity contribution in [2.75, 3.05) is 0 Å². The van der Waals surface area contributed by atoms with Gasteiger partial charge in [-0.15, -0.1) is 0 Å². The molecule has 1 heterocycles. The molecule has 1 atom stereocenters. The van der Waals surface area contributed by atoms with Gasteiger partial charge in [0.05, 0.1) is 17.6 Å². The second-order valence-corrected chi connectivity index (χ2v) is 8.92. The Morgan fingerprint density at radius 1 is 0.667 bits per heavy atom. The maximum Gasteiger partial charge on any atom is 0.196 e. The summed E-state index contributed by atoms with van der Waals surface area (Å²) in [5.74, 6) is -2.86. The molecule has 36 heavy (non-hydrogen) atoms. The van der Waals surface area contributed by atoms with Crippen LogP contribution in [0.1, 0.15) is 37.8 Å². The summed E-state index contributed by atoms with van der Waals surface area (Å²) in [6, 6.07) is 31.1. The van der Waals surface area contributed by atoms with Gasteiger partial charge in [-0.3, -0.25) is 14.4 Å². The Balaban J connectivity index is 1.78. The number of hydrogen-bond acceptors (Lipinski definition) is 4. The molecule has 1 unspecified atom stereocenters. The Labute approximate surface area is 212 Å². The lowest BCUT2D eigenvalue weighted by Gasteiger charge is -2.26. The normalized spacial score (nSPS) is 11.9. The maximum absolute atomic E-state index is 14.0. The molecule has 0 spiro atoms. The van der Waals surface area contributed by atoms with Crippen LogP contribution < -0.4 is 5.43 Å². The molecule has 5 aromatic rings. The van der Waals surface area contributed by atoms with Crippen molar-refractivity contribution in [3.63, 3.8) is 0 Å². The monoisotopic (exact) mass is 492 g/mol. The molecule has 5 heteroatoms. The molecule has 176 valence electrons. The van der Waals surface area contributed by atoms with Crippen LogP contribution in [-0.2, 0) is 0 Å². The van der Waals surface area contributed by atoms with Crippen LogP contribution in [0.5, 0.6) is 0 Å². The van der Waals surface area contributed by atoms with Crippen molar-refractivity contribution >= 4 is 34.1 Å². The van der Waals surface area contributed by atoms with Crippen LogP contribution in [0, 0.1) is 5.92 Å². The van der Waals surface area contributed by atoms with Crippen LogP contribution in [0.3, 0.4) is 0 Å². The Morgan fingerprint density at radius 2 is 1.19 bits per heavy atom. The van der Waals surface area contributed by atoms with Crippen molar-refractivity contribution in [2.24, 2.45) is 5.92 Å². The molecule has 4 nitrogen and oxygen atoms in total. The lowest BCUT2D eigenvalue weighted by atomic mass is 9.74. The van der Waals surface area contributed by atoms with Gasteiger partial charge in [-0.2, -0.15) is 0 Å². The van der Waals surface area contributed by atoms with Crippen molar-refractivity contribution in [3.8, 4) is 0 Å². The number of carbonyl (C=O) groups is 2. The lowest BCUT2D eigenvalue weighted by molar-refractivity contribution is 0.0792. The van der Waals surface area contributed by atoms with Gasteiger partial charge in [-0.1, -0.05) is 96.5 Å². The molecule has 0 saturated carbocycles. The van der Waals surface area contributed by atoms with Crippen LogP contribution in [-0.4, -0.2) is 11.6 Å². The standard InChI is InChI=1S/C31H21ClO4/c32-23-17-15-20(16-18-23)27(25-19-36-26-14-8-7-13-24(26)31(25)35)28(29(33)21-9-3-1-4-10-21)30(34)22-11-5-2-6-12-22/h1-19,27-28H. The summed E-state index contributed by atoms with van der Waals surface area (Å²) in [7, 11) is 0. The lowest BCUT2D eigenvalue weighted by Crippen LogP contribution is -2.33. The minimum atomic E-state index is -1.21. The van der Waals surface area contributed by atoms with E-state index in [4.69, 9.17) is 16.0 Å². The third kappa shape index (κ3) is 4.51. The predicted molar refractivity (Wildman–Crippen MR) is 141 cm³/mol. The topological polar surface area (TPSA) is 64.3 Å². The quantitative estimate of drug-likeness (QED) is 0.182. The molecule has 0 aliphatic heterocycles. The van der Waals surface area contributed by atoms with Crippen molar-refractivity contribution in [3.05, 3.63) is 153 Å². The number of halogens is 1. The van der Waals surface area contributed by atoms with Crippen molar-refractivity contribution in [2.45, 2.75) is 5.92 Å². The second-order valence-electron chi connectivity index (χ2n) is 8.48.